The summed E-state index contributed by atoms with van der Waals surface area (Å²) in [6.45, 7) is 3.71. The van der Waals surface area contributed by atoms with Crippen LogP contribution in [0, 0.1) is 0 Å². The number of piperazine rings is 1. The van der Waals surface area contributed by atoms with E-state index < -0.39 is 12.2 Å². The Morgan fingerprint density at radius 2 is 2.00 bits per heavy atom. The van der Waals surface area contributed by atoms with Crippen LogP contribution in [-0.2, 0) is 6.54 Å². The highest BCUT2D eigenvalue weighted by atomic mass is 79.9. The van der Waals surface area contributed by atoms with Crippen LogP contribution in [0.25, 0.3) is 0 Å². The minimum absolute atomic E-state index is 0.381. The van der Waals surface area contributed by atoms with Crippen molar-refractivity contribution in [3.05, 3.63) is 20.8 Å². The summed E-state index contributed by atoms with van der Waals surface area (Å²) in [5.74, 6) is 0.730. The van der Waals surface area contributed by atoms with E-state index in [9.17, 15) is 13.2 Å². The Labute approximate surface area is 146 Å². The van der Waals surface area contributed by atoms with E-state index in [1.807, 2.05) is 17.0 Å². The second kappa shape index (κ2) is 7.85. The van der Waals surface area contributed by atoms with Crippen molar-refractivity contribution in [2.75, 3.05) is 33.2 Å². The fourth-order valence-corrected chi connectivity index (χ4v) is 3.90. The van der Waals surface area contributed by atoms with Crippen LogP contribution in [0.5, 0.6) is 0 Å². The van der Waals surface area contributed by atoms with Crippen molar-refractivity contribution >= 4 is 33.2 Å². The average Bonchev–Trinajstić information content (AvgIpc) is 2.92. The molecule has 1 unspecified atom stereocenters. The molecule has 1 N–H and O–H groups in total. The highest BCUT2D eigenvalue weighted by Gasteiger charge is 2.41. The fourth-order valence-electron chi connectivity index (χ4n) is 2.47. The van der Waals surface area contributed by atoms with Gasteiger partial charge in [-0.1, -0.05) is 0 Å². The van der Waals surface area contributed by atoms with Gasteiger partial charge in [0.2, 0.25) is 0 Å². The lowest BCUT2D eigenvalue weighted by Crippen LogP contribution is -2.56. The Balaban J connectivity index is 1.85. The lowest BCUT2D eigenvalue weighted by atomic mass is 10.2. The Hall–Kier alpha value is -0.800. The molecule has 9 heteroatoms. The number of halogens is 4. The Kier molecular flexibility index (Phi) is 6.33. The number of aliphatic imine (C=N–C) groups is 1. The van der Waals surface area contributed by atoms with Crippen molar-refractivity contribution in [3.8, 4) is 0 Å². The third kappa shape index (κ3) is 5.09. The third-order valence-corrected chi connectivity index (χ3v) is 5.52. The normalized spacial score (nSPS) is 19.0. The summed E-state index contributed by atoms with van der Waals surface area (Å²) >= 11 is 5.06. The molecule has 1 aliphatic rings. The molecule has 1 fully saturated rings. The Bertz CT molecular complexity index is 538. The number of nitrogens with zero attached hydrogens (tertiary/aromatic N) is 3. The minimum Gasteiger partial charge on any atom is -0.351 e. The van der Waals surface area contributed by atoms with Crippen LogP contribution in [-0.4, -0.2) is 61.2 Å². The molecule has 1 saturated heterocycles. The molecular weight excluding hydrogens is 393 g/mol. The van der Waals surface area contributed by atoms with Crippen LogP contribution in [0.1, 0.15) is 11.8 Å². The van der Waals surface area contributed by atoms with Gasteiger partial charge in [0.1, 0.15) is 6.04 Å². The first kappa shape index (κ1) is 18.5. The highest BCUT2D eigenvalue weighted by Crippen LogP contribution is 2.25. The molecule has 2 rings (SSSR count). The van der Waals surface area contributed by atoms with E-state index in [1.165, 1.54) is 16.7 Å². The van der Waals surface area contributed by atoms with Crippen LogP contribution >= 0.6 is 27.3 Å². The quantitative estimate of drug-likeness (QED) is 0.610. The SMILES string of the molecule is CN=C(NCc1ccc(Br)s1)N1CCN(C(C)C(F)(F)F)CC1. The molecule has 0 radical (unpaired) electrons. The molecule has 1 aromatic rings. The van der Waals surface area contributed by atoms with Crippen LogP contribution in [0.4, 0.5) is 13.2 Å². The van der Waals surface area contributed by atoms with Gasteiger partial charge in [-0.05, 0) is 35.0 Å². The molecule has 1 aliphatic heterocycles. The predicted octanol–water partition coefficient (Wildman–Crippen LogP) is 3.15. The summed E-state index contributed by atoms with van der Waals surface area (Å²) in [5, 5.41) is 3.27. The van der Waals surface area contributed by atoms with E-state index in [2.05, 4.69) is 26.2 Å². The van der Waals surface area contributed by atoms with Gasteiger partial charge < -0.3 is 10.2 Å². The van der Waals surface area contributed by atoms with Crippen molar-refractivity contribution < 1.29 is 13.2 Å². The first-order valence-electron chi connectivity index (χ1n) is 7.32. The van der Waals surface area contributed by atoms with Gasteiger partial charge in [-0.25, -0.2) is 0 Å². The van der Waals surface area contributed by atoms with E-state index in [-0.39, 0.29) is 0 Å². The average molecular weight is 413 g/mol. The number of hydrogen-bond acceptors (Lipinski definition) is 3. The summed E-state index contributed by atoms with van der Waals surface area (Å²) in [5.41, 5.74) is 0. The van der Waals surface area contributed by atoms with Crippen molar-refractivity contribution in [3.63, 3.8) is 0 Å². The fraction of sp³-hybridized carbons (Fsp3) is 0.643. The second-order valence-electron chi connectivity index (χ2n) is 5.35. The maximum absolute atomic E-state index is 12.8. The maximum Gasteiger partial charge on any atom is 0.403 e. The largest absolute Gasteiger partial charge is 0.403 e. The first-order chi connectivity index (χ1) is 10.8. The standard InChI is InChI=1S/C14H20BrF3N4S/c1-10(14(16,17)18)21-5-7-22(8-6-21)13(19-2)20-9-11-3-4-12(15)23-11/h3-4,10H,5-9H2,1-2H3,(H,19,20). The van der Waals surface area contributed by atoms with Gasteiger partial charge in [-0.3, -0.25) is 9.89 Å². The molecule has 23 heavy (non-hydrogen) atoms. The zero-order chi connectivity index (χ0) is 17.0. The van der Waals surface area contributed by atoms with Crippen LogP contribution in [0.3, 0.4) is 0 Å². The lowest BCUT2D eigenvalue weighted by Gasteiger charge is -2.39. The Morgan fingerprint density at radius 1 is 1.35 bits per heavy atom. The number of alkyl halides is 3. The van der Waals surface area contributed by atoms with Crippen LogP contribution < -0.4 is 5.32 Å². The molecule has 0 amide bonds. The van der Waals surface area contributed by atoms with Gasteiger partial charge in [0, 0.05) is 38.1 Å². The number of guanidine groups is 1. The van der Waals surface area contributed by atoms with Gasteiger partial charge in [0.25, 0.3) is 0 Å². The highest BCUT2D eigenvalue weighted by molar-refractivity contribution is 9.11. The molecule has 4 nitrogen and oxygen atoms in total. The zero-order valence-electron chi connectivity index (χ0n) is 13.0. The number of nitrogens with one attached hydrogen (secondary N) is 1. The second-order valence-corrected chi connectivity index (χ2v) is 7.89. The third-order valence-electron chi connectivity index (χ3n) is 3.90. The van der Waals surface area contributed by atoms with E-state index in [0.717, 1.165) is 9.75 Å². The van der Waals surface area contributed by atoms with Crippen molar-refractivity contribution in [2.24, 2.45) is 4.99 Å². The molecule has 1 aromatic heterocycles. The minimum atomic E-state index is -4.17. The summed E-state index contributed by atoms with van der Waals surface area (Å²) in [6, 6.07) is 2.61. The monoisotopic (exact) mass is 412 g/mol. The number of hydrogen-bond donors (Lipinski definition) is 1. The van der Waals surface area contributed by atoms with Crippen LogP contribution in [0.2, 0.25) is 0 Å². The summed E-state index contributed by atoms with van der Waals surface area (Å²) < 4.78 is 39.4. The summed E-state index contributed by atoms with van der Waals surface area (Å²) in [7, 11) is 1.69. The smallest absolute Gasteiger partial charge is 0.351 e. The zero-order valence-corrected chi connectivity index (χ0v) is 15.4. The van der Waals surface area contributed by atoms with E-state index in [1.54, 1.807) is 18.4 Å². The number of rotatable bonds is 3. The Morgan fingerprint density at radius 3 is 2.48 bits per heavy atom. The molecule has 0 aliphatic carbocycles. The summed E-state index contributed by atoms with van der Waals surface area (Å²) in [4.78, 5) is 8.88. The van der Waals surface area contributed by atoms with Crippen molar-refractivity contribution in [2.45, 2.75) is 25.7 Å². The topological polar surface area (TPSA) is 30.9 Å². The molecule has 0 aromatic carbocycles. The lowest BCUT2D eigenvalue weighted by molar-refractivity contribution is -0.181. The van der Waals surface area contributed by atoms with Gasteiger partial charge in [-0.15, -0.1) is 11.3 Å². The van der Waals surface area contributed by atoms with Crippen LogP contribution in [0.15, 0.2) is 20.9 Å². The van der Waals surface area contributed by atoms with Gasteiger partial charge in [0.05, 0.1) is 10.3 Å². The van der Waals surface area contributed by atoms with Crippen molar-refractivity contribution in [1.82, 2.24) is 15.1 Å². The van der Waals surface area contributed by atoms with E-state index >= 15 is 0 Å². The van der Waals surface area contributed by atoms with E-state index in [0.29, 0.717) is 32.7 Å². The molecule has 0 bridgehead atoms. The maximum atomic E-state index is 12.8. The molecule has 0 saturated carbocycles. The van der Waals surface area contributed by atoms with Gasteiger partial charge in [-0.2, -0.15) is 13.2 Å². The molecule has 1 atom stereocenters. The number of thiophene rings is 1. The van der Waals surface area contributed by atoms with Crippen molar-refractivity contribution in [1.29, 1.82) is 0 Å². The molecular formula is C14H20BrF3N4S. The molecule has 130 valence electrons. The van der Waals surface area contributed by atoms with E-state index in [4.69, 9.17) is 0 Å². The van der Waals surface area contributed by atoms with Gasteiger partial charge >= 0.3 is 6.18 Å². The first-order valence-corrected chi connectivity index (χ1v) is 8.93. The predicted molar refractivity (Wildman–Crippen MR) is 90.9 cm³/mol. The molecule has 0 spiro atoms. The van der Waals surface area contributed by atoms with Gasteiger partial charge in [0.15, 0.2) is 5.96 Å². The summed E-state index contributed by atoms with van der Waals surface area (Å²) in [6.07, 6.45) is -4.17. The molecule has 2 heterocycles.